The van der Waals surface area contributed by atoms with Crippen molar-refractivity contribution >= 4 is 16.1 Å². The number of ether oxygens (including phenoxy) is 2. The predicted octanol–water partition coefficient (Wildman–Crippen LogP) is -0.208. The zero-order valence-electron chi connectivity index (χ0n) is 9.82. The van der Waals surface area contributed by atoms with Crippen molar-refractivity contribution in [1.29, 1.82) is 0 Å². The van der Waals surface area contributed by atoms with E-state index < -0.39 is 21.0 Å². The molecule has 0 bridgehead atoms. The molecule has 1 amide bonds. The quantitative estimate of drug-likeness (QED) is 0.803. The third-order valence-electron chi connectivity index (χ3n) is 2.01. The number of rotatable bonds is 4. The fourth-order valence-corrected chi connectivity index (χ4v) is 2.29. The van der Waals surface area contributed by atoms with Crippen LogP contribution >= 0.6 is 0 Å². The monoisotopic (exact) mass is 277 g/mol. The van der Waals surface area contributed by atoms with Crippen LogP contribution in [0.2, 0.25) is 0 Å². The smallest absolute Gasteiger partial charge is 0.421 e. The Labute approximate surface area is 103 Å². The first-order chi connectivity index (χ1) is 8.36. The Hall–Kier alpha value is -2.10. The van der Waals surface area contributed by atoms with Gasteiger partial charge in [-0.05, 0) is 0 Å². The molecule has 1 N–H and O–H groups in total. The molecule has 0 aliphatic carbocycles. The van der Waals surface area contributed by atoms with E-state index in [4.69, 9.17) is 14.6 Å². The van der Waals surface area contributed by atoms with Gasteiger partial charge in [-0.3, -0.25) is 0 Å². The van der Waals surface area contributed by atoms with Crippen LogP contribution in [0, 0.1) is 0 Å². The minimum Gasteiger partial charge on any atom is -0.480 e. The third-order valence-corrected chi connectivity index (χ3v) is 3.76. The molecule has 1 aromatic rings. The number of aromatic nitrogens is 2. The average Bonchev–Trinajstić information content (AvgIpc) is 2.36. The number of nitrogens with zero attached hydrogens (tertiary/aromatic N) is 3. The number of hydrogen-bond acceptors (Lipinski definition) is 7. The van der Waals surface area contributed by atoms with E-state index in [1.807, 2.05) is 0 Å². The lowest BCUT2D eigenvalue weighted by molar-refractivity contribution is 0.178. The van der Waals surface area contributed by atoms with Crippen molar-refractivity contribution in [1.82, 2.24) is 14.3 Å². The lowest BCUT2D eigenvalue weighted by Crippen LogP contribution is -2.32. The fourth-order valence-electron chi connectivity index (χ4n) is 1.09. The van der Waals surface area contributed by atoms with E-state index in [-0.39, 0.29) is 16.1 Å². The largest absolute Gasteiger partial charge is 0.480 e. The van der Waals surface area contributed by atoms with Gasteiger partial charge in [-0.1, -0.05) is 0 Å². The normalized spacial score (nSPS) is 10.8. The summed E-state index contributed by atoms with van der Waals surface area (Å²) in [6, 6.07) is 0. The molecule has 10 heteroatoms. The fraction of sp³-hybridized carbons (Fsp3) is 0.375. The Bertz CT molecular complexity index is 536. The second kappa shape index (κ2) is 5.04. The third kappa shape index (κ3) is 2.27. The molecule has 0 saturated heterocycles. The van der Waals surface area contributed by atoms with Crippen molar-refractivity contribution in [3.8, 4) is 11.8 Å². The van der Waals surface area contributed by atoms with Gasteiger partial charge in [0.15, 0.2) is 0 Å². The molecule has 0 fully saturated rings. The van der Waals surface area contributed by atoms with E-state index in [2.05, 4.69) is 9.97 Å². The lowest BCUT2D eigenvalue weighted by Gasteiger charge is -2.16. The number of sulfonamides is 1. The van der Waals surface area contributed by atoms with Crippen LogP contribution in [0.25, 0.3) is 0 Å². The highest BCUT2D eigenvalue weighted by molar-refractivity contribution is 7.89. The summed E-state index contributed by atoms with van der Waals surface area (Å²) >= 11 is 0. The SMILES string of the molecule is COc1ncnc(OC)c1S(=O)(=O)N(C)C(=O)O. The average molecular weight is 277 g/mol. The summed E-state index contributed by atoms with van der Waals surface area (Å²) in [4.78, 5) is 17.4. The van der Waals surface area contributed by atoms with Crippen LogP contribution in [-0.2, 0) is 10.0 Å². The van der Waals surface area contributed by atoms with Crippen LogP contribution in [0.4, 0.5) is 4.79 Å². The molecule has 0 aliphatic rings. The molecule has 0 atom stereocenters. The van der Waals surface area contributed by atoms with Crippen LogP contribution < -0.4 is 9.47 Å². The molecule has 1 aromatic heterocycles. The van der Waals surface area contributed by atoms with Crippen molar-refractivity contribution in [2.75, 3.05) is 21.3 Å². The molecule has 0 unspecified atom stereocenters. The highest BCUT2D eigenvalue weighted by Gasteiger charge is 2.33. The Balaban J connectivity index is 3.53. The van der Waals surface area contributed by atoms with Crippen LogP contribution in [0.1, 0.15) is 0 Å². The van der Waals surface area contributed by atoms with Gasteiger partial charge in [0.2, 0.25) is 16.7 Å². The highest BCUT2D eigenvalue weighted by atomic mass is 32.2. The first-order valence-electron chi connectivity index (χ1n) is 4.51. The maximum absolute atomic E-state index is 12.0. The van der Waals surface area contributed by atoms with Crippen molar-refractivity contribution in [3.05, 3.63) is 6.33 Å². The molecule has 0 spiro atoms. The summed E-state index contributed by atoms with van der Waals surface area (Å²) in [6.07, 6.45) is -0.611. The van der Waals surface area contributed by atoms with E-state index >= 15 is 0 Å². The van der Waals surface area contributed by atoms with E-state index in [1.165, 1.54) is 14.2 Å². The van der Waals surface area contributed by atoms with Gasteiger partial charge in [-0.15, -0.1) is 0 Å². The Morgan fingerprint density at radius 3 is 2.06 bits per heavy atom. The van der Waals surface area contributed by atoms with E-state index in [9.17, 15) is 13.2 Å². The van der Waals surface area contributed by atoms with Crippen molar-refractivity contribution in [3.63, 3.8) is 0 Å². The summed E-state index contributed by atoms with van der Waals surface area (Å²) in [5.74, 6) is -0.593. The number of carbonyl (C=O) groups is 1. The van der Waals surface area contributed by atoms with E-state index in [1.54, 1.807) is 0 Å². The van der Waals surface area contributed by atoms with Crippen molar-refractivity contribution in [2.45, 2.75) is 4.90 Å². The van der Waals surface area contributed by atoms with Gasteiger partial charge in [0.05, 0.1) is 14.2 Å². The zero-order valence-corrected chi connectivity index (χ0v) is 10.6. The lowest BCUT2D eigenvalue weighted by atomic mass is 10.6. The van der Waals surface area contributed by atoms with Gasteiger partial charge in [-0.25, -0.2) is 27.5 Å². The van der Waals surface area contributed by atoms with Gasteiger partial charge in [0, 0.05) is 7.05 Å². The zero-order chi connectivity index (χ0) is 13.9. The summed E-state index contributed by atoms with van der Waals surface area (Å²) in [7, 11) is -1.09. The van der Waals surface area contributed by atoms with Gasteiger partial charge < -0.3 is 14.6 Å². The van der Waals surface area contributed by atoms with Crippen molar-refractivity contribution in [2.24, 2.45) is 0 Å². The second-order valence-corrected chi connectivity index (χ2v) is 4.88. The maximum atomic E-state index is 12.0. The van der Waals surface area contributed by atoms with Crippen LogP contribution in [0.5, 0.6) is 11.8 Å². The number of amides is 1. The first kappa shape index (κ1) is 14.0. The van der Waals surface area contributed by atoms with Crippen LogP contribution in [0.15, 0.2) is 11.2 Å². The molecule has 0 saturated carbocycles. The standard InChI is InChI=1S/C8H11N3O6S/c1-11(8(12)13)18(14,15)5-6(16-2)9-4-10-7(5)17-3/h4H,1-3H3,(H,12,13). The van der Waals surface area contributed by atoms with Gasteiger partial charge in [0.1, 0.15) is 6.33 Å². The first-order valence-corrected chi connectivity index (χ1v) is 5.95. The molecule has 18 heavy (non-hydrogen) atoms. The number of hydrogen-bond donors (Lipinski definition) is 1. The Morgan fingerprint density at radius 1 is 1.28 bits per heavy atom. The predicted molar refractivity (Wildman–Crippen MR) is 58.1 cm³/mol. The van der Waals surface area contributed by atoms with Gasteiger partial charge in [0.25, 0.3) is 10.0 Å². The van der Waals surface area contributed by atoms with E-state index in [0.29, 0.717) is 0 Å². The molecule has 0 aliphatic heterocycles. The summed E-state index contributed by atoms with van der Waals surface area (Å²) in [6.45, 7) is 0. The molecular formula is C8H11N3O6S. The molecule has 1 heterocycles. The Morgan fingerprint density at radius 2 is 1.72 bits per heavy atom. The maximum Gasteiger partial charge on any atom is 0.421 e. The second-order valence-electron chi connectivity index (χ2n) is 2.98. The van der Waals surface area contributed by atoms with Crippen molar-refractivity contribution < 1.29 is 27.8 Å². The van der Waals surface area contributed by atoms with Gasteiger partial charge in [-0.2, -0.15) is 0 Å². The van der Waals surface area contributed by atoms with Crippen LogP contribution in [-0.4, -0.2) is 55.2 Å². The minimum atomic E-state index is -4.36. The topological polar surface area (TPSA) is 119 Å². The van der Waals surface area contributed by atoms with Gasteiger partial charge >= 0.3 is 6.09 Å². The summed E-state index contributed by atoms with van der Waals surface area (Å²) in [5, 5.41) is 8.73. The summed E-state index contributed by atoms with van der Waals surface area (Å²) in [5.41, 5.74) is 0. The van der Waals surface area contributed by atoms with Crippen LogP contribution in [0.3, 0.4) is 0 Å². The molecule has 0 radical (unpaired) electrons. The molecule has 9 nitrogen and oxygen atoms in total. The molecule has 100 valence electrons. The minimum absolute atomic E-state index is 0.122. The molecule has 0 aromatic carbocycles. The molecular weight excluding hydrogens is 266 g/mol. The Kier molecular flexibility index (Phi) is 3.91. The van der Waals surface area contributed by atoms with E-state index in [0.717, 1.165) is 13.4 Å². The number of carboxylic acid groups (broad SMARTS) is 1. The highest BCUT2D eigenvalue weighted by Crippen LogP contribution is 2.30. The molecule has 1 rings (SSSR count). The summed E-state index contributed by atoms with van der Waals surface area (Å²) < 4.78 is 33.7. The number of methoxy groups -OCH3 is 2.